The third-order valence-electron chi connectivity index (χ3n) is 5.86. The number of carbonyl (C=O) groups is 1. The van der Waals surface area contributed by atoms with Gasteiger partial charge < -0.3 is 9.32 Å². The fourth-order valence-electron chi connectivity index (χ4n) is 4.27. The van der Waals surface area contributed by atoms with Crippen LogP contribution in [0.5, 0.6) is 0 Å². The third kappa shape index (κ3) is 3.96. The molecule has 0 spiro atoms. The number of rotatable bonds is 5. The third-order valence-corrected chi connectivity index (χ3v) is 6.87. The Kier molecular flexibility index (Phi) is 5.57. The lowest BCUT2D eigenvalue weighted by Gasteiger charge is -2.23. The number of hydrogen-bond donors (Lipinski definition) is 0. The highest BCUT2D eigenvalue weighted by Crippen LogP contribution is 2.34. The number of aromatic nitrogens is 3. The van der Waals surface area contributed by atoms with Crippen molar-refractivity contribution < 1.29 is 9.21 Å². The molecule has 32 heavy (non-hydrogen) atoms. The van der Waals surface area contributed by atoms with Gasteiger partial charge in [-0.15, -0.1) is 21.5 Å². The van der Waals surface area contributed by atoms with Crippen molar-refractivity contribution in [2.75, 3.05) is 6.54 Å². The molecule has 0 unspecified atom stereocenters. The molecule has 2 aromatic heterocycles. The van der Waals surface area contributed by atoms with Crippen LogP contribution in [0.4, 0.5) is 0 Å². The molecule has 1 aliphatic rings. The highest BCUT2D eigenvalue weighted by molar-refractivity contribution is 7.15. The highest BCUT2D eigenvalue weighted by Gasteiger charge is 2.33. The van der Waals surface area contributed by atoms with Crippen LogP contribution in [0.2, 0.25) is 0 Å². The lowest BCUT2D eigenvalue weighted by molar-refractivity contribution is 0.0728. The normalized spacial score (nSPS) is 15.9. The molecule has 3 heterocycles. The van der Waals surface area contributed by atoms with Crippen molar-refractivity contribution >= 4 is 17.2 Å². The zero-order valence-corrected chi connectivity index (χ0v) is 18.9. The number of carbonyl (C=O) groups excluding carboxylic acids is 1. The maximum atomic E-state index is 13.6. The van der Waals surface area contributed by atoms with E-state index in [4.69, 9.17) is 4.42 Å². The van der Waals surface area contributed by atoms with Gasteiger partial charge in [0.1, 0.15) is 5.69 Å². The maximum Gasteiger partial charge on any atom is 0.274 e. The standard InChI is InChI=1S/C25H24N4O2S/c1-16-9-6-7-13-20(16)23-22(26-17(2)32-23)25(30)29-14-8-12-19(29)15-21-27-28-24(31-21)18-10-4-3-5-11-18/h3-7,9-11,13,19H,8,12,14-15H2,1-2H3/t19-/m0/s1. The number of aryl methyl sites for hydroxylation is 2. The van der Waals surface area contributed by atoms with Crippen molar-refractivity contribution in [3.05, 3.63) is 76.8 Å². The Morgan fingerprint density at radius 2 is 1.88 bits per heavy atom. The molecule has 0 radical (unpaired) electrons. The van der Waals surface area contributed by atoms with E-state index < -0.39 is 0 Å². The van der Waals surface area contributed by atoms with Crippen molar-refractivity contribution in [2.45, 2.75) is 39.2 Å². The van der Waals surface area contributed by atoms with Crippen LogP contribution in [-0.2, 0) is 6.42 Å². The minimum absolute atomic E-state index is 0.0158. The van der Waals surface area contributed by atoms with Crippen molar-refractivity contribution in [2.24, 2.45) is 0 Å². The first kappa shape index (κ1) is 20.6. The van der Waals surface area contributed by atoms with E-state index in [0.717, 1.165) is 39.4 Å². The van der Waals surface area contributed by atoms with Gasteiger partial charge in [-0.2, -0.15) is 0 Å². The molecule has 0 saturated carbocycles. The number of thiazole rings is 1. The Morgan fingerprint density at radius 1 is 1.09 bits per heavy atom. The Balaban J connectivity index is 1.38. The minimum atomic E-state index is -0.0158. The summed E-state index contributed by atoms with van der Waals surface area (Å²) in [5, 5.41) is 9.32. The average molecular weight is 445 g/mol. The van der Waals surface area contributed by atoms with E-state index in [1.54, 1.807) is 11.3 Å². The number of benzene rings is 2. The Bertz CT molecular complexity index is 1250. The first-order chi connectivity index (χ1) is 15.6. The van der Waals surface area contributed by atoms with Gasteiger partial charge in [0.2, 0.25) is 11.8 Å². The highest BCUT2D eigenvalue weighted by atomic mass is 32.1. The van der Waals surface area contributed by atoms with E-state index in [1.807, 2.05) is 54.3 Å². The Morgan fingerprint density at radius 3 is 2.69 bits per heavy atom. The van der Waals surface area contributed by atoms with Gasteiger partial charge in [0.05, 0.1) is 9.88 Å². The van der Waals surface area contributed by atoms with E-state index in [9.17, 15) is 4.79 Å². The smallest absolute Gasteiger partial charge is 0.274 e. The summed E-state index contributed by atoms with van der Waals surface area (Å²) in [6.45, 7) is 4.73. The lowest BCUT2D eigenvalue weighted by Crippen LogP contribution is -2.37. The van der Waals surface area contributed by atoms with Gasteiger partial charge in [0.25, 0.3) is 5.91 Å². The monoisotopic (exact) mass is 444 g/mol. The predicted octanol–water partition coefficient (Wildman–Crippen LogP) is 5.32. The zero-order valence-electron chi connectivity index (χ0n) is 18.1. The van der Waals surface area contributed by atoms with Gasteiger partial charge in [0.15, 0.2) is 0 Å². The lowest BCUT2D eigenvalue weighted by atomic mass is 10.1. The largest absolute Gasteiger partial charge is 0.421 e. The van der Waals surface area contributed by atoms with Crippen LogP contribution in [0.25, 0.3) is 21.9 Å². The van der Waals surface area contributed by atoms with Gasteiger partial charge in [-0.1, -0.05) is 42.5 Å². The summed E-state index contributed by atoms with van der Waals surface area (Å²) in [4.78, 5) is 21.1. The molecule has 1 fully saturated rings. The van der Waals surface area contributed by atoms with Crippen molar-refractivity contribution in [1.82, 2.24) is 20.1 Å². The van der Waals surface area contributed by atoms with Crippen LogP contribution >= 0.6 is 11.3 Å². The SMILES string of the molecule is Cc1nc(C(=O)N2CCC[C@H]2Cc2nnc(-c3ccccc3)o2)c(-c2ccccc2C)s1. The molecular weight excluding hydrogens is 420 g/mol. The topological polar surface area (TPSA) is 72.1 Å². The molecule has 1 aliphatic heterocycles. The molecule has 1 amide bonds. The second-order valence-electron chi connectivity index (χ2n) is 8.09. The molecule has 0 N–H and O–H groups in total. The van der Waals surface area contributed by atoms with Gasteiger partial charge in [-0.3, -0.25) is 4.79 Å². The zero-order chi connectivity index (χ0) is 22.1. The minimum Gasteiger partial charge on any atom is -0.421 e. The van der Waals surface area contributed by atoms with Gasteiger partial charge in [-0.25, -0.2) is 4.98 Å². The van der Waals surface area contributed by atoms with E-state index in [1.165, 1.54) is 0 Å². The molecule has 1 atom stereocenters. The molecule has 2 aromatic carbocycles. The quantitative estimate of drug-likeness (QED) is 0.416. The van der Waals surface area contributed by atoms with Crippen LogP contribution < -0.4 is 0 Å². The number of likely N-dealkylation sites (tertiary alicyclic amines) is 1. The summed E-state index contributed by atoms with van der Waals surface area (Å²) < 4.78 is 5.90. The molecule has 7 heteroatoms. The molecule has 4 aromatic rings. The molecule has 0 bridgehead atoms. The Hall–Kier alpha value is -3.32. The van der Waals surface area contributed by atoms with Crippen molar-refractivity contribution in [3.8, 4) is 21.9 Å². The van der Waals surface area contributed by atoms with Crippen LogP contribution in [0.15, 0.2) is 59.0 Å². The van der Waals surface area contributed by atoms with Gasteiger partial charge >= 0.3 is 0 Å². The summed E-state index contributed by atoms with van der Waals surface area (Å²) in [7, 11) is 0. The van der Waals surface area contributed by atoms with Crippen LogP contribution in [0.1, 0.15) is 39.8 Å². The number of hydrogen-bond acceptors (Lipinski definition) is 6. The maximum absolute atomic E-state index is 13.6. The van der Waals surface area contributed by atoms with Crippen molar-refractivity contribution in [1.29, 1.82) is 0 Å². The summed E-state index contributed by atoms with van der Waals surface area (Å²) in [6.07, 6.45) is 2.42. The second-order valence-corrected chi connectivity index (χ2v) is 9.29. The van der Waals surface area contributed by atoms with E-state index in [0.29, 0.717) is 30.4 Å². The summed E-state index contributed by atoms with van der Waals surface area (Å²) in [5.74, 6) is 1.05. The van der Waals surface area contributed by atoms with Gasteiger partial charge in [0, 0.05) is 24.6 Å². The molecule has 0 aliphatic carbocycles. The second kappa shape index (κ2) is 8.67. The molecular formula is C25H24N4O2S. The van der Waals surface area contributed by atoms with Crippen molar-refractivity contribution in [3.63, 3.8) is 0 Å². The first-order valence-corrected chi connectivity index (χ1v) is 11.6. The van der Waals surface area contributed by atoms with E-state index in [2.05, 4.69) is 34.2 Å². The molecule has 162 valence electrons. The Labute approximate surface area is 190 Å². The van der Waals surface area contributed by atoms with E-state index >= 15 is 0 Å². The van der Waals surface area contributed by atoms with Crippen LogP contribution in [0.3, 0.4) is 0 Å². The first-order valence-electron chi connectivity index (χ1n) is 10.8. The number of amides is 1. The van der Waals surface area contributed by atoms with Gasteiger partial charge in [-0.05, 0) is 49.9 Å². The molecule has 6 nitrogen and oxygen atoms in total. The predicted molar refractivity (Wildman–Crippen MR) is 125 cm³/mol. The van der Waals surface area contributed by atoms with Crippen LogP contribution in [0, 0.1) is 13.8 Å². The van der Waals surface area contributed by atoms with E-state index in [-0.39, 0.29) is 11.9 Å². The summed E-state index contributed by atoms with van der Waals surface area (Å²) in [6, 6.07) is 17.9. The summed E-state index contributed by atoms with van der Waals surface area (Å²) in [5.41, 5.74) is 3.65. The average Bonchev–Trinajstić information content (AvgIpc) is 3.55. The van der Waals surface area contributed by atoms with Crippen LogP contribution in [-0.4, -0.2) is 38.6 Å². The number of nitrogens with zero attached hydrogens (tertiary/aromatic N) is 4. The fourth-order valence-corrected chi connectivity index (χ4v) is 5.27. The molecule has 1 saturated heterocycles. The fraction of sp³-hybridized carbons (Fsp3) is 0.280. The molecule has 5 rings (SSSR count). The summed E-state index contributed by atoms with van der Waals surface area (Å²) >= 11 is 1.58.